The third kappa shape index (κ3) is 3.05. The number of hydrogen-bond donors (Lipinski definition) is 0. The molecule has 0 saturated heterocycles. The van der Waals surface area contributed by atoms with E-state index in [9.17, 15) is 13.2 Å². The molecule has 0 saturated carbocycles. The van der Waals surface area contributed by atoms with Crippen LogP contribution in [0.2, 0.25) is 0 Å². The summed E-state index contributed by atoms with van der Waals surface area (Å²) in [6.07, 6.45) is 5.12. The number of halogens is 3. The Labute approximate surface area is 134 Å². The predicted octanol–water partition coefficient (Wildman–Crippen LogP) is 5.93. The molecular formula is C20H19F3. The first-order valence-corrected chi connectivity index (χ1v) is 8.07. The van der Waals surface area contributed by atoms with Gasteiger partial charge in [0.05, 0.1) is 0 Å². The Morgan fingerprint density at radius 1 is 0.957 bits per heavy atom. The molecule has 0 fully saturated rings. The number of benzene rings is 2. The van der Waals surface area contributed by atoms with Gasteiger partial charge in [-0.05, 0) is 54.0 Å². The highest BCUT2D eigenvalue weighted by Gasteiger charge is 2.20. The lowest BCUT2D eigenvalue weighted by Gasteiger charge is -2.18. The minimum Gasteiger partial charge on any atom is -0.207 e. The van der Waals surface area contributed by atoms with Crippen LogP contribution in [0.25, 0.3) is 11.6 Å². The highest BCUT2D eigenvalue weighted by Crippen LogP contribution is 2.34. The van der Waals surface area contributed by atoms with Gasteiger partial charge in [-0.2, -0.15) is 0 Å². The zero-order valence-electron chi connectivity index (χ0n) is 13.1. The molecule has 0 aromatic heterocycles. The number of unbranched alkanes of at least 4 members (excludes halogenated alkanes) is 1. The van der Waals surface area contributed by atoms with Crippen molar-refractivity contribution >= 4 is 11.6 Å². The predicted molar refractivity (Wildman–Crippen MR) is 87.6 cm³/mol. The van der Waals surface area contributed by atoms with E-state index in [-0.39, 0.29) is 11.4 Å². The molecule has 3 heteroatoms. The van der Waals surface area contributed by atoms with E-state index in [4.69, 9.17) is 0 Å². The van der Waals surface area contributed by atoms with E-state index in [2.05, 4.69) is 0 Å². The zero-order valence-corrected chi connectivity index (χ0v) is 13.1. The maximum absolute atomic E-state index is 14.4. The number of fused-ring (bicyclic) bond motifs is 1. The van der Waals surface area contributed by atoms with Crippen LogP contribution in [0.5, 0.6) is 0 Å². The van der Waals surface area contributed by atoms with E-state index in [0.29, 0.717) is 30.4 Å². The fourth-order valence-electron chi connectivity index (χ4n) is 3.10. The molecule has 0 aliphatic heterocycles. The fourth-order valence-corrected chi connectivity index (χ4v) is 3.10. The Hall–Kier alpha value is -2.03. The average Bonchev–Trinajstić information content (AvgIpc) is 2.56. The Bertz CT molecular complexity index is 760. The van der Waals surface area contributed by atoms with Crippen LogP contribution >= 0.6 is 0 Å². The van der Waals surface area contributed by atoms with Crippen LogP contribution in [-0.2, 0) is 12.8 Å². The summed E-state index contributed by atoms with van der Waals surface area (Å²) in [5, 5.41) is 0. The van der Waals surface area contributed by atoms with Crippen molar-refractivity contribution in [3.05, 3.63) is 70.0 Å². The van der Waals surface area contributed by atoms with E-state index in [1.54, 1.807) is 30.3 Å². The third-order valence-corrected chi connectivity index (χ3v) is 4.44. The molecule has 0 amide bonds. The minimum absolute atomic E-state index is 0.237. The molecule has 1 aliphatic rings. The van der Waals surface area contributed by atoms with Crippen LogP contribution in [0.15, 0.2) is 30.3 Å². The molecule has 0 nitrogen and oxygen atoms in total. The number of allylic oxidation sites excluding steroid dienone is 1. The molecular weight excluding hydrogens is 297 g/mol. The van der Waals surface area contributed by atoms with Crippen LogP contribution in [0.4, 0.5) is 13.2 Å². The van der Waals surface area contributed by atoms with E-state index in [1.807, 2.05) is 6.92 Å². The van der Waals surface area contributed by atoms with Crippen molar-refractivity contribution in [3.63, 3.8) is 0 Å². The first kappa shape index (κ1) is 15.9. The lowest BCUT2D eigenvalue weighted by molar-refractivity contribution is 0.494. The van der Waals surface area contributed by atoms with Crippen LogP contribution in [0.3, 0.4) is 0 Å². The first-order valence-electron chi connectivity index (χ1n) is 8.07. The van der Waals surface area contributed by atoms with Gasteiger partial charge in [0.15, 0.2) is 11.6 Å². The van der Waals surface area contributed by atoms with Crippen molar-refractivity contribution in [3.8, 4) is 0 Å². The van der Waals surface area contributed by atoms with Crippen molar-refractivity contribution in [2.24, 2.45) is 0 Å². The van der Waals surface area contributed by atoms with Crippen molar-refractivity contribution in [2.75, 3.05) is 0 Å². The third-order valence-electron chi connectivity index (χ3n) is 4.44. The van der Waals surface area contributed by atoms with Gasteiger partial charge >= 0.3 is 0 Å². The lowest BCUT2D eigenvalue weighted by Crippen LogP contribution is -2.05. The first-order chi connectivity index (χ1) is 11.1. The summed E-state index contributed by atoms with van der Waals surface area (Å²) in [5.74, 6) is -1.77. The quantitative estimate of drug-likeness (QED) is 0.655. The lowest BCUT2D eigenvalue weighted by atomic mass is 9.87. The topological polar surface area (TPSA) is 0 Å². The highest BCUT2D eigenvalue weighted by molar-refractivity contribution is 5.84. The Morgan fingerprint density at radius 2 is 1.78 bits per heavy atom. The standard InChI is InChI=1S/C20H19F3/c1-2-3-5-13-8-11-17(20(23)19(13)22)15-9-10-16-14(12-15)6-4-7-18(16)21/h4,6-8,11-12H,2-3,5,9-10H2,1H3. The summed E-state index contributed by atoms with van der Waals surface area (Å²) in [7, 11) is 0. The van der Waals surface area contributed by atoms with Crippen molar-refractivity contribution in [2.45, 2.75) is 39.0 Å². The molecule has 0 spiro atoms. The van der Waals surface area contributed by atoms with Gasteiger partial charge in [0.1, 0.15) is 5.82 Å². The van der Waals surface area contributed by atoms with Crippen molar-refractivity contribution in [1.29, 1.82) is 0 Å². The molecule has 0 N–H and O–H groups in total. The van der Waals surface area contributed by atoms with E-state index < -0.39 is 11.6 Å². The average molecular weight is 316 g/mol. The van der Waals surface area contributed by atoms with Gasteiger partial charge in [0.2, 0.25) is 0 Å². The SMILES string of the molecule is CCCCc1ccc(C2=Cc3cccc(F)c3CC2)c(F)c1F. The summed E-state index contributed by atoms with van der Waals surface area (Å²) in [5.41, 5.74) is 2.84. The Kier molecular flexibility index (Phi) is 4.56. The maximum Gasteiger partial charge on any atom is 0.166 e. The van der Waals surface area contributed by atoms with Crippen molar-refractivity contribution in [1.82, 2.24) is 0 Å². The normalized spacial score (nSPS) is 13.7. The number of aryl methyl sites for hydroxylation is 1. The fraction of sp³-hybridized carbons (Fsp3) is 0.300. The molecule has 3 rings (SSSR count). The summed E-state index contributed by atoms with van der Waals surface area (Å²) < 4.78 is 42.4. The molecule has 2 aromatic rings. The summed E-state index contributed by atoms with van der Waals surface area (Å²) in [6.45, 7) is 2.02. The van der Waals surface area contributed by atoms with Gasteiger partial charge in [-0.1, -0.05) is 43.7 Å². The molecule has 23 heavy (non-hydrogen) atoms. The van der Waals surface area contributed by atoms with E-state index in [0.717, 1.165) is 24.0 Å². The number of rotatable bonds is 4. The van der Waals surface area contributed by atoms with Gasteiger partial charge in [-0.3, -0.25) is 0 Å². The summed E-state index contributed by atoms with van der Waals surface area (Å²) in [6, 6.07) is 8.20. The van der Waals surface area contributed by atoms with Crippen LogP contribution in [0.1, 0.15) is 48.4 Å². The Balaban J connectivity index is 1.98. The number of hydrogen-bond acceptors (Lipinski definition) is 0. The van der Waals surface area contributed by atoms with Crippen LogP contribution in [0, 0.1) is 17.5 Å². The molecule has 120 valence electrons. The van der Waals surface area contributed by atoms with Gasteiger partial charge in [0, 0.05) is 5.56 Å². The van der Waals surface area contributed by atoms with Gasteiger partial charge in [0.25, 0.3) is 0 Å². The highest BCUT2D eigenvalue weighted by atomic mass is 19.2. The van der Waals surface area contributed by atoms with Crippen molar-refractivity contribution < 1.29 is 13.2 Å². The second kappa shape index (κ2) is 6.61. The minimum atomic E-state index is -0.787. The molecule has 2 aromatic carbocycles. The van der Waals surface area contributed by atoms with Gasteiger partial charge in [-0.15, -0.1) is 0 Å². The molecule has 0 bridgehead atoms. The largest absolute Gasteiger partial charge is 0.207 e. The smallest absolute Gasteiger partial charge is 0.166 e. The molecule has 0 heterocycles. The second-order valence-corrected chi connectivity index (χ2v) is 5.98. The molecule has 1 aliphatic carbocycles. The monoisotopic (exact) mass is 316 g/mol. The van der Waals surface area contributed by atoms with Crippen LogP contribution < -0.4 is 0 Å². The Morgan fingerprint density at radius 3 is 2.57 bits per heavy atom. The van der Waals surface area contributed by atoms with Gasteiger partial charge < -0.3 is 0 Å². The second-order valence-electron chi connectivity index (χ2n) is 5.98. The molecule has 0 radical (unpaired) electrons. The zero-order chi connectivity index (χ0) is 16.4. The maximum atomic E-state index is 14.4. The van der Waals surface area contributed by atoms with Crippen LogP contribution in [-0.4, -0.2) is 0 Å². The van der Waals surface area contributed by atoms with E-state index >= 15 is 0 Å². The summed E-state index contributed by atoms with van der Waals surface area (Å²) >= 11 is 0. The van der Waals surface area contributed by atoms with Gasteiger partial charge in [-0.25, -0.2) is 13.2 Å². The van der Waals surface area contributed by atoms with E-state index in [1.165, 1.54) is 6.07 Å². The molecule has 0 unspecified atom stereocenters. The summed E-state index contributed by atoms with van der Waals surface area (Å²) in [4.78, 5) is 0. The molecule has 0 atom stereocenters.